The van der Waals surface area contributed by atoms with Gasteiger partial charge in [0.2, 0.25) is 0 Å². The summed E-state index contributed by atoms with van der Waals surface area (Å²) in [6, 6.07) is 9.30. The first kappa shape index (κ1) is 19.7. The smallest absolute Gasteiger partial charge is 0.450 e. The van der Waals surface area contributed by atoms with E-state index in [0.717, 1.165) is 5.56 Å². The summed E-state index contributed by atoms with van der Waals surface area (Å²) in [4.78, 5) is 32.9. The first-order chi connectivity index (χ1) is 11.1. The van der Waals surface area contributed by atoms with Crippen LogP contribution >= 0.6 is 0 Å². The van der Waals surface area contributed by atoms with Crippen molar-refractivity contribution < 1.29 is 33.9 Å². The van der Waals surface area contributed by atoms with Gasteiger partial charge >= 0.3 is 12.1 Å². The van der Waals surface area contributed by atoms with E-state index in [0.29, 0.717) is 0 Å². The van der Waals surface area contributed by atoms with E-state index < -0.39 is 30.1 Å². The third kappa shape index (κ3) is 6.02. The number of hydrogen-bond acceptors (Lipinski definition) is 6. The van der Waals surface area contributed by atoms with Crippen molar-refractivity contribution in [1.29, 1.82) is 0 Å². The molecule has 132 valence electrons. The molecule has 0 radical (unpaired) electrons. The Morgan fingerprint density at radius 1 is 1.12 bits per heavy atom. The van der Waals surface area contributed by atoms with Gasteiger partial charge in [-0.15, -0.1) is 0 Å². The Kier molecular flexibility index (Phi) is 6.51. The molecule has 1 aromatic rings. The Bertz CT molecular complexity index is 594. The summed E-state index contributed by atoms with van der Waals surface area (Å²) in [5.41, 5.74) is 0.148. The lowest BCUT2D eigenvalue weighted by Gasteiger charge is -2.29. The van der Waals surface area contributed by atoms with E-state index in [2.05, 4.69) is 11.3 Å². The van der Waals surface area contributed by atoms with Gasteiger partial charge in [-0.1, -0.05) is 36.9 Å². The van der Waals surface area contributed by atoms with Crippen molar-refractivity contribution in [1.82, 2.24) is 0 Å². The second kappa shape index (κ2) is 7.94. The second-order valence-corrected chi connectivity index (χ2v) is 5.89. The number of hydrogen-bond donors (Lipinski definition) is 1. The fourth-order valence-electron chi connectivity index (χ4n) is 1.72. The Labute approximate surface area is 140 Å². The summed E-state index contributed by atoms with van der Waals surface area (Å²) in [5.74, 6) is -2.67. The molecule has 1 unspecified atom stereocenters. The fraction of sp³-hybridized carbons (Fsp3) is 0.412. The number of carboxylic acid groups (broad SMARTS) is 1. The van der Waals surface area contributed by atoms with Crippen LogP contribution in [-0.2, 0) is 29.6 Å². The largest absolute Gasteiger partial charge is 0.509 e. The van der Waals surface area contributed by atoms with Crippen molar-refractivity contribution in [2.45, 2.75) is 39.1 Å². The molecule has 1 N–H and O–H groups in total. The minimum Gasteiger partial charge on any atom is -0.450 e. The SMILES string of the molecule is C=C(C)C(=O)OC(C)(COOC(C)(C)c1ccccc1)OC(=O)O. The molecule has 1 atom stereocenters. The molecule has 1 aromatic carbocycles. The highest BCUT2D eigenvalue weighted by atomic mass is 17.2. The second-order valence-electron chi connectivity index (χ2n) is 5.89. The number of carbonyl (C=O) groups is 2. The molecule has 0 saturated heterocycles. The highest BCUT2D eigenvalue weighted by Gasteiger charge is 2.36. The van der Waals surface area contributed by atoms with Gasteiger partial charge in [0.25, 0.3) is 5.79 Å². The topological polar surface area (TPSA) is 91.3 Å². The molecular formula is C17H22O7. The van der Waals surface area contributed by atoms with Crippen LogP contribution in [0, 0.1) is 0 Å². The molecule has 0 saturated carbocycles. The van der Waals surface area contributed by atoms with Crippen molar-refractivity contribution in [3.05, 3.63) is 48.0 Å². The standard InChI is InChI=1S/C17H22O7/c1-12(2)14(18)22-17(5,23-15(19)20)11-21-24-16(3,4)13-9-7-6-8-10-13/h6-10H,1,11H2,2-5H3,(H,19,20). The average Bonchev–Trinajstić information content (AvgIpc) is 2.46. The normalized spacial score (nSPS) is 13.7. The number of ether oxygens (including phenoxy) is 2. The molecule has 0 aromatic heterocycles. The highest BCUT2D eigenvalue weighted by molar-refractivity contribution is 5.87. The molecular weight excluding hydrogens is 316 g/mol. The Morgan fingerprint density at radius 3 is 2.21 bits per heavy atom. The predicted octanol–water partition coefficient (Wildman–Crippen LogP) is 3.40. The van der Waals surface area contributed by atoms with Crippen LogP contribution in [0.2, 0.25) is 0 Å². The Hall–Kier alpha value is -2.38. The van der Waals surface area contributed by atoms with Crippen LogP contribution in [-0.4, -0.2) is 29.6 Å². The van der Waals surface area contributed by atoms with E-state index >= 15 is 0 Å². The Balaban J connectivity index is 2.72. The van der Waals surface area contributed by atoms with Crippen LogP contribution in [0.25, 0.3) is 0 Å². The van der Waals surface area contributed by atoms with Crippen molar-refractivity contribution in [3.8, 4) is 0 Å². The lowest BCUT2D eigenvalue weighted by Crippen LogP contribution is -2.42. The van der Waals surface area contributed by atoms with Gasteiger partial charge in [-0.25, -0.2) is 19.4 Å². The molecule has 0 aliphatic heterocycles. The summed E-state index contributed by atoms with van der Waals surface area (Å²) >= 11 is 0. The minimum atomic E-state index is -1.87. The zero-order valence-corrected chi connectivity index (χ0v) is 14.2. The number of rotatable bonds is 8. The zero-order valence-electron chi connectivity index (χ0n) is 14.2. The molecule has 0 aliphatic carbocycles. The summed E-state index contributed by atoms with van der Waals surface area (Å²) in [5, 5.41) is 8.81. The van der Waals surface area contributed by atoms with E-state index in [1.807, 2.05) is 30.3 Å². The van der Waals surface area contributed by atoms with Crippen LogP contribution < -0.4 is 0 Å². The summed E-state index contributed by atoms with van der Waals surface area (Å²) < 4.78 is 9.59. The Morgan fingerprint density at radius 2 is 1.71 bits per heavy atom. The fourth-order valence-corrected chi connectivity index (χ4v) is 1.72. The van der Waals surface area contributed by atoms with Gasteiger partial charge in [0.1, 0.15) is 5.60 Å². The molecule has 24 heavy (non-hydrogen) atoms. The molecule has 0 aliphatic rings. The van der Waals surface area contributed by atoms with Gasteiger partial charge in [0.05, 0.1) is 0 Å². The molecule has 7 heteroatoms. The number of esters is 1. The van der Waals surface area contributed by atoms with E-state index in [4.69, 9.17) is 19.6 Å². The van der Waals surface area contributed by atoms with Crippen LogP contribution in [0.1, 0.15) is 33.3 Å². The maximum absolute atomic E-state index is 11.6. The first-order valence-electron chi connectivity index (χ1n) is 7.23. The van der Waals surface area contributed by atoms with Crippen LogP contribution in [0.4, 0.5) is 4.79 Å². The van der Waals surface area contributed by atoms with Crippen molar-refractivity contribution in [3.63, 3.8) is 0 Å². The van der Waals surface area contributed by atoms with Crippen molar-refractivity contribution in [2.24, 2.45) is 0 Å². The van der Waals surface area contributed by atoms with Crippen LogP contribution in [0.3, 0.4) is 0 Å². The van der Waals surface area contributed by atoms with Crippen LogP contribution in [0.15, 0.2) is 42.5 Å². The molecule has 0 heterocycles. The molecule has 0 fully saturated rings. The summed E-state index contributed by atoms with van der Waals surface area (Å²) in [6.07, 6.45) is -1.61. The summed E-state index contributed by atoms with van der Waals surface area (Å²) in [7, 11) is 0. The monoisotopic (exact) mass is 338 g/mol. The van der Waals surface area contributed by atoms with Gasteiger partial charge in [-0.2, -0.15) is 0 Å². The van der Waals surface area contributed by atoms with E-state index in [9.17, 15) is 9.59 Å². The molecule has 7 nitrogen and oxygen atoms in total. The van der Waals surface area contributed by atoms with Gasteiger partial charge < -0.3 is 14.6 Å². The van der Waals surface area contributed by atoms with Gasteiger partial charge in [0, 0.05) is 12.5 Å². The van der Waals surface area contributed by atoms with Gasteiger partial charge in [-0.3, -0.25) is 0 Å². The van der Waals surface area contributed by atoms with E-state index in [1.165, 1.54) is 13.8 Å². The third-order valence-electron chi connectivity index (χ3n) is 3.02. The highest BCUT2D eigenvalue weighted by Crippen LogP contribution is 2.26. The first-order valence-corrected chi connectivity index (χ1v) is 7.23. The minimum absolute atomic E-state index is 0.0979. The van der Waals surface area contributed by atoms with E-state index in [1.54, 1.807) is 13.8 Å². The average molecular weight is 338 g/mol. The molecule has 0 amide bonds. The van der Waals surface area contributed by atoms with Gasteiger partial charge in [0.15, 0.2) is 6.61 Å². The number of carbonyl (C=O) groups excluding carboxylic acids is 1. The van der Waals surface area contributed by atoms with Gasteiger partial charge in [-0.05, 0) is 26.3 Å². The van der Waals surface area contributed by atoms with Crippen molar-refractivity contribution >= 4 is 12.1 Å². The van der Waals surface area contributed by atoms with Crippen molar-refractivity contribution in [2.75, 3.05) is 6.61 Å². The molecule has 0 bridgehead atoms. The maximum atomic E-state index is 11.6. The predicted molar refractivity (Wildman–Crippen MR) is 84.9 cm³/mol. The number of benzene rings is 1. The molecule has 1 rings (SSSR count). The lowest BCUT2D eigenvalue weighted by molar-refractivity contribution is -0.387. The van der Waals surface area contributed by atoms with E-state index in [-0.39, 0.29) is 5.57 Å². The maximum Gasteiger partial charge on any atom is 0.509 e. The van der Waals surface area contributed by atoms with Crippen LogP contribution in [0.5, 0.6) is 0 Å². The lowest BCUT2D eigenvalue weighted by atomic mass is 9.99. The zero-order chi connectivity index (χ0) is 18.4. The molecule has 0 spiro atoms. The third-order valence-corrected chi connectivity index (χ3v) is 3.02. The quantitative estimate of drug-likeness (QED) is 0.255. The summed E-state index contributed by atoms with van der Waals surface area (Å²) in [6.45, 7) is 9.21.